The van der Waals surface area contributed by atoms with E-state index in [1.54, 1.807) is 30.3 Å². The lowest BCUT2D eigenvalue weighted by Gasteiger charge is -2.08. The number of hydrogen-bond donors (Lipinski definition) is 2. The summed E-state index contributed by atoms with van der Waals surface area (Å²) in [6.45, 7) is 0.382. The number of azo groups is 1. The molecule has 100 valence electrons. The van der Waals surface area contributed by atoms with Crippen LogP contribution in [-0.2, 0) is 0 Å². The summed E-state index contributed by atoms with van der Waals surface area (Å²) in [4.78, 5) is 10.6. The predicted octanol–water partition coefficient (Wildman–Crippen LogP) is 2.67. The molecule has 0 aliphatic rings. The van der Waals surface area contributed by atoms with Gasteiger partial charge in [0.05, 0.1) is 14.5 Å². The molecule has 0 fully saturated rings. The molecular weight excluding hydrogens is 257 g/mol. The van der Waals surface area contributed by atoms with Gasteiger partial charge in [0.2, 0.25) is 0 Å². The highest BCUT2D eigenvalue weighted by Gasteiger charge is 2.07. The molecule has 0 unspecified atom stereocenters. The van der Waals surface area contributed by atoms with Gasteiger partial charge in [-0.3, -0.25) is 0 Å². The molecule has 0 saturated heterocycles. The number of ether oxygens (including phenoxy) is 1. The molecule has 2 radical (unpaired) electrons. The molecule has 0 atom stereocenters. The first-order valence-electron chi connectivity index (χ1n) is 5.91. The Labute approximate surface area is 116 Å². The van der Waals surface area contributed by atoms with Gasteiger partial charge >= 0.3 is 6.03 Å². The first-order valence-corrected chi connectivity index (χ1v) is 5.91. The Morgan fingerprint density at radius 1 is 1.35 bits per heavy atom. The van der Waals surface area contributed by atoms with Gasteiger partial charge in [-0.15, -0.1) is 5.11 Å². The fraction of sp³-hybridized carbons (Fsp3) is 0.154. The van der Waals surface area contributed by atoms with Crippen LogP contribution in [0.15, 0.2) is 40.6 Å². The van der Waals surface area contributed by atoms with E-state index in [0.717, 1.165) is 5.39 Å². The molecule has 3 N–H and O–H groups in total. The fourth-order valence-corrected chi connectivity index (χ4v) is 1.72. The highest BCUT2D eigenvalue weighted by Crippen LogP contribution is 2.36. The summed E-state index contributed by atoms with van der Waals surface area (Å²) < 4.78 is 5.39. The number of carbonyl (C=O) groups is 1. The zero-order chi connectivity index (χ0) is 14.5. The van der Waals surface area contributed by atoms with E-state index in [9.17, 15) is 9.90 Å². The molecule has 2 aromatic carbocycles. The molecule has 0 aliphatic heterocycles. The van der Waals surface area contributed by atoms with Crippen LogP contribution in [0.5, 0.6) is 11.5 Å². The second kappa shape index (κ2) is 6.05. The summed E-state index contributed by atoms with van der Waals surface area (Å²) >= 11 is 0. The first kappa shape index (κ1) is 13.9. The van der Waals surface area contributed by atoms with Gasteiger partial charge in [-0.2, -0.15) is 0 Å². The quantitative estimate of drug-likeness (QED) is 0.659. The van der Waals surface area contributed by atoms with E-state index < -0.39 is 6.03 Å². The largest absolute Gasteiger partial charge is 0.505 e. The molecule has 0 aromatic heterocycles. The lowest BCUT2D eigenvalue weighted by molar-refractivity contribution is 0.255. The molecule has 0 spiro atoms. The summed E-state index contributed by atoms with van der Waals surface area (Å²) in [5, 5.41) is 18.3. The van der Waals surface area contributed by atoms with Gasteiger partial charge in [-0.05, 0) is 23.6 Å². The Hall–Kier alpha value is -2.57. The van der Waals surface area contributed by atoms with E-state index in [-0.39, 0.29) is 11.4 Å². The van der Waals surface area contributed by atoms with Gasteiger partial charge in [0.15, 0.2) is 5.75 Å². The van der Waals surface area contributed by atoms with Crippen LogP contribution in [0.2, 0.25) is 6.32 Å². The number of phenols is 1. The van der Waals surface area contributed by atoms with Crippen molar-refractivity contribution in [2.24, 2.45) is 16.0 Å². The number of nitrogens with two attached hydrogens (primary N) is 1. The SMILES string of the molecule is [B]CCOc1ccc2ccc(N=NC(N)=O)c(O)c2c1. The topological polar surface area (TPSA) is 97.3 Å². The number of phenolic OH excluding ortho intramolecular Hbond substituents is 1. The Kier molecular flexibility index (Phi) is 4.19. The van der Waals surface area contributed by atoms with Crippen molar-refractivity contribution in [1.82, 2.24) is 0 Å². The maximum absolute atomic E-state index is 10.6. The average Bonchev–Trinajstić information content (AvgIpc) is 2.44. The molecule has 0 bridgehead atoms. The Balaban J connectivity index is 2.44. The van der Waals surface area contributed by atoms with E-state index in [4.69, 9.17) is 18.3 Å². The molecular formula is C13H12BN3O3. The average molecular weight is 269 g/mol. The molecule has 2 aromatic rings. The standard InChI is InChI=1S/C13H12BN3O3/c14-5-6-20-9-3-1-8-2-4-11(16-17-13(15)19)12(18)10(8)7-9/h1-4,7,18H,5-6H2,(H2,15,19). The van der Waals surface area contributed by atoms with Crippen molar-refractivity contribution >= 4 is 30.3 Å². The minimum Gasteiger partial charge on any atom is -0.505 e. The Morgan fingerprint density at radius 2 is 2.10 bits per heavy atom. The molecule has 20 heavy (non-hydrogen) atoms. The third-order valence-corrected chi connectivity index (χ3v) is 2.59. The Morgan fingerprint density at radius 3 is 2.80 bits per heavy atom. The number of urea groups is 1. The smallest absolute Gasteiger partial charge is 0.356 e. The molecule has 0 aliphatic carbocycles. The summed E-state index contributed by atoms with van der Waals surface area (Å²) in [6, 6.07) is 7.62. The number of benzene rings is 2. The molecule has 2 rings (SSSR count). The van der Waals surface area contributed by atoms with Crippen LogP contribution >= 0.6 is 0 Å². The number of rotatable bonds is 4. The fourth-order valence-electron chi connectivity index (χ4n) is 1.72. The summed E-state index contributed by atoms with van der Waals surface area (Å²) in [5.41, 5.74) is 5.03. The maximum Gasteiger partial charge on any atom is 0.356 e. The van der Waals surface area contributed by atoms with Crippen LogP contribution in [0.25, 0.3) is 10.8 Å². The van der Waals surface area contributed by atoms with Crippen LogP contribution in [0.4, 0.5) is 10.5 Å². The van der Waals surface area contributed by atoms with E-state index in [0.29, 0.717) is 24.1 Å². The third-order valence-electron chi connectivity index (χ3n) is 2.59. The lowest BCUT2D eigenvalue weighted by Crippen LogP contribution is -2.01. The number of nitrogens with zero attached hydrogens (tertiary/aromatic N) is 2. The molecule has 2 amide bonds. The van der Waals surface area contributed by atoms with Crippen molar-refractivity contribution in [3.8, 4) is 11.5 Å². The number of fused-ring (bicyclic) bond motifs is 1. The highest BCUT2D eigenvalue weighted by molar-refractivity contribution is 6.08. The third kappa shape index (κ3) is 3.06. The second-order valence-electron chi connectivity index (χ2n) is 3.99. The van der Waals surface area contributed by atoms with E-state index in [2.05, 4.69) is 10.2 Å². The molecule has 0 saturated carbocycles. The number of carbonyl (C=O) groups excluding carboxylic acids is 1. The van der Waals surface area contributed by atoms with Crippen molar-refractivity contribution in [2.45, 2.75) is 6.32 Å². The van der Waals surface area contributed by atoms with Crippen molar-refractivity contribution < 1.29 is 14.6 Å². The van der Waals surface area contributed by atoms with E-state index in [1.165, 1.54) is 0 Å². The van der Waals surface area contributed by atoms with Gasteiger partial charge in [0, 0.05) is 5.39 Å². The number of primary amides is 1. The van der Waals surface area contributed by atoms with Gasteiger partial charge in [-0.1, -0.05) is 23.6 Å². The first-order chi connectivity index (χ1) is 9.61. The highest BCUT2D eigenvalue weighted by atomic mass is 16.5. The van der Waals surface area contributed by atoms with Gasteiger partial charge < -0.3 is 15.6 Å². The van der Waals surface area contributed by atoms with Gasteiger partial charge in [-0.25, -0.2) is 4.79 Å². The van der Waals surface area contributed by atoms with Crippen LogP contribution in [0.1, 0.15) is 0 Å². The summed E-state index contributed by atoms with van der Waals surface area (Å²) in [6.07, 6.45) is 0.400. The van der Waals surface area contributed by atoms with Crippen LogP contribution in [0, 0.1) is 0 Å². The van der Waals surface area contributed by atoms with Crippen molar-refractivity contribution in [3.05, 3.63) is 30.3 Å². The van der Waals surface area contributed by atoms with Gasteiger partial charge in [0.1, 0.15) is 11.4 Å². The monoisotopic (exact) mass is 269 g/mol. The number of amides is 2. The van der Waals surface area contributed by atoms with Crippen molar-refractivity contribution in [2.75, 3.05) is 6.61 Å². The predicted molar refractivity (Wildman–Crippen MR) is 75.8 cm³/mol. The van der Waals surface area contributed by atoms with E-state index in [1.807, 2.05) is 0 Å². The van der Waals surface area contributed by atoms with Crippen molar-refractivity contribution in [3.63, 3.8) is 0 Å². The maximum atomic E-state index is 10.6. The zero-order valence-electron chi connectivity index (χ0n) is 10.6. The summed E-state index contributed by atoms with van der Waals surface area (Å²) in [5.74, 6) is 0.493. The van der Waals surface area contributed by atoms with Crippen LogP contribution in [0.3, 0.4) is 0 Å². The number of aromatic hydroxyl groups is 1. The normalized spacial score (nSPS) is 11.0. The number of hydrogen-bond acceptors (Lipinski definition) is 4. The van der Waals surface area contributed by atoms with Crippen molar-refractivity contribution in [1.29, 1.82) is 0 Å². The zero-order valence-corrected chi connectivity index (χ0v) is 10.6. The second-order valence-corrected chi connectivity index (χ2v) is 3.99. The lowest BCUT2D eigenvalue weighted by atomic mass is 10.1. The van der Waals surface area contributed by atoms with Crippen LogP contribution in [-0.4, -0.2) is 25.6 Å². The molecule has 7 heteroatoms. The van der Waals surface area contributed by atoms with E-state index >= 15 is 0 Å². The molecule has 6 nitrogen and oxygen atoms in total. The van der Waals surface area contributed by atoms with Crippen LogP contribution < -0.4 is 10.5 Å². The van der Waals surface area contributed by atoms with Gasteiger partial charge in [0.25, 0.3) is 0 Å². The molecule has 0 heterocycles. The minimum atomic E-state index is -0.926. The summed E-state index contributed by atoms with van der Waals surface area (Å²) in [7, 11) is 5.37. The minimum absolute atomic E-state index is 0.0919. The Bertz CT molecular complexity index is 673.